The monoisotopic (exact) mass is 912 g/mol. The third-order valence-electron chi connectivity index (χ3n) is 25.8. The Morgan fingerprint density at radius 1 is 0.250 bits per heavy atom. The Morgan fingerprint density at radius 2 is 0.389 bits per heavy atom. The van der Waals surface area contributed by atoms with Crippen LogP contribution in [0.5, 0.6) is 0 Å². The molecule has 314 valence electrons. The SMILES string of the molecule is CCN(CC)P(=O)(N(CC)CC)C12c3c4c5c6c7c8c(c9c%10c1c1c3c3c%11c4c4c5c5c7c7c%12c8c8c9c9c%10c%10c1c1c3c3c%11c%11c4c4c5c7c5c7c%12c8c8c9c9c%10c1c1c3c3c%11c4c5c4c7c8c9c1c34)C62. The van der Waals surface area contributed by atoms with E-state index in [2.05, 4.69) is 37.0 Å². The molecule has 0 heterocycles. The van der Waals surface area contributed by atoms with E-state index in [9.17, 15) is 0 Å². The zero-order chi connectivity index (χ0) is 44.0. The van der Waals surface area contributed by atoms with E-state index < -0.39 is 12.6 Å². The average molecular weight is 913 g/mol. The van der Waals surface area contributed by atoms with Crippen molar-refractivity contribution in [2.24, 2.45) is 0 Å². The van der Waals surface area contributed by atoms with Gasteiger partial charge in [-0.2, -0.15) is 0 Å². The normalized spacial score (nSPS) is 20.9. The summed E-state index contributed by atoms with van der Waals surface area (Å²) in [5.41, 5.74) is 6.24. The second kappa shape index (κ2) is 6.79. The zero-order valence-corrected chi connectivity index (χ0v) is 39.6. The van der Waals surface area contributed by atoms with Gasteiger partial charge in [-0.15, -0.1) is 0 Å². The maximum Gasteiger partial charge on any atom is 0.232 e. The molecule has 28 aromatic rings. The van der Waals surface area contributed by atoms with Gasteiger partial charge in [0, 0.05) is 32.1 Å². The highest BCUT2D eigenvalue weighted by Gasteiger charge is 2.71. The Balaban J connectivity index is 1.19. The molecule has 28 aromatic carbocycles. The van der Waals surface area contributed by atoms with Crippen LogP contribution in [-0.4, -0.2) is 35.5 Å². The lowest BCUT2D eigenvalue weighted by Crippen LogP contribution is -2.47. The van der Waals surface area contributed by atoms with Gasteiger partial charge in [-0.25, -0.2) is 9.34 Å². The molecule has 0 N–H and O–H groups in total. The summed E-state index contributed by atoms with van der Waals surface area (Å²) in [6.45, 7) is 12.4. The number of rotatable bonds is 7. The minimum Gasteiger partial charge on any atom is -0.287 e. The second-order valence-electron chi connectivity index (χ2n) is 25.8. The van der Waals surface area contributed by atoms with Gasteiger partial charge in [0.25, 0.3) is 0 Å². The maximum atomic E-state index is 19.1. The van der Waals surface area contributed by atoms with Gasteiger partial charge in [-0.1, -0.05) is 27.7 Å². The van der Waals surface area contributed by atoms with Crippen molar-refractivity contribution in [3.63, 3.8) is 0 Å². The van der Waals surface area contributed by atoms with E-state index >= 15 is 4.57 Å². The summed E-state index contributed by atoms with van der Waals surface area (Å²) in [4.78, 5) is 0. The van der Waals surface area contributed by atoms with Crippen LogP contribution in [0.3, 0.4) is 0 Å². The Bertz CT molecular complexity index is 7010. The van der Waals surface area contributed by atoms with Crippen LogP contribution >= 0.6 is 7.44 Å². The molecular formula is C68H21N2OP. The summed E-state index contributed by atoms with van der Waals surface area (Å²) in [6, 6.07) is 0. The summed E-state index contributed by atoms with van der Waals surface area (Å²) in [7, 11) is -3.57. The third kappa shape index (κ3) is 1.58. The molecule has 0 unspecified atom stereocenters. The van der Waals surface area contributed by atoms with Crippen molar-refractivity contribution in [2.75, 3.05) is 26.2 Å². The smallest absolute Gasteiger partial charge is 0.232 e. The Morgan fingerprint density at radius 3 is 0.569 bits per heavy atom. The van der Waals surface area contributed by atoms with Crippen LogP contribution in [0.4, 0.5) is 0 Å². The minimum atomic E-state index is -3.57. The van der Waals surface area contributed by atoms with Crippen molar-refractivity contribution >= 4 is 298 Å². The van der Waals surface area contributed by atoms with E-state index in [-0.39, 0.29) is 5.92 Å². The van der Waals surface area contributed by atoms with Gasteiger partial charge in [0.05, 0.1) is 0 Å². The highest BCUT2D eigenvalue weighted by Crippen LogP contribution is 2.89. The standard InChI is InChI=1S/C68H21N2OP/c1-5-69(6-2)72(71,70(7-3)8-4)68-65-61-55-41-33-25-13-10-9-11-14(13)26-28-24-18(11)20-16-12(9)15-19-17(10)23-27(25)39(41)47-45-31(23)29(19)37-35-21(15)22(16)36-38-30(20)32(24)46-48-40(28)42(34(26)33)56(55)62(65)58(48)60-52(46)50(38)54-44(36)43(35)53-49(37)51(45)59(57(47)61)66(68)63(53)64(54)67(60)68/h65H,5-8H2,1-4H3. The molecule has 0 saturated heterocycles. The van der Waals surface area contributed by atoms with Crippen LogP contribution in [0.15, 0.2) is 0 Å². The average Bonchev–Trinajstić information content (AvgIpc) is 4.38. The molecule has 0 aliphatic heterocycles. The summed E-state index contributed by atoms with van der Waals surface area (Å²) in [6.07, 6.45) is 0. The lowest BCUT2D eigenvalue weighted by atomic mass is 9.67. The van der Waals surface area contributed by atoms with Crippen molar-refractivity contribution in [1.82, 2.24) is 9.34 Å². The first-order valence-electron chi connectivity index (χ1n) is 27.5. The van der Waals surface area contributed by atoms with E-state index in [0.29, 0.717) is 0 Å². The van der Waals surface area contributed by atoms with Gasteiger partial charge in [0.2, 0.25) is 7.44 Å². The molecule has 72 heavy (non-hydrogen) atoms. The van der Waals surface area contributed by atoms with E-state index in [1.54, 1.807) is 280 Å². The highest BCUT2D eigenvalue weighted by molar-refractivity contribution is 7.61. The van der Waals surface area contributed by atoms with Crippen molar-refractivity contribution < 1.29 is 4.57 Å². The van der Waals surface area contributed by atoms with E-state index in [1.165, 1.54) is 32.7 Å². The van der Waals surface area contributed by atoms with Crippen LogP contribution in [-0.2, 0) is 9.72 Å². The van der Waals surface area contributed by atoms with Crippen molar-refractivity contribution in [2.45, 2.75) is 38.8 Å². The summed E-state index contributed by atoms with van der Waals surface area (Å²) < 4.78 is 24.3. The van der Waals surface area contributed by atoms with Crippen LogP contribution in [0.25, 0.3) is 291 Å². The summed E-state index contributed by atoms with van der Waals surface area (Å²) >= 11 is 0. The molecule has 0 amide bonds. The molecule has 4 aliphatic rings. The molecule has 0 bridgehead atoms. The molecule has 3 nitrogen and oxygen atoms in total. The fraction of sp³-hybridized carbons (Fsp3) is 0.147. The van der Waals surface area contributed by atoms with Crippen LogP contribution in [0.2, 0.25) is 0 Å². The number of hydrogen-bond acceptors (Lipinski definition) is 1. The van der Waals surface area contributed by atoms with Gasteiger partial charge < -0.3 is 0 Å². The Kier molecular flexibility index (Phi) is 2.75. The first kappa shape index (κ1) is 29.2. The molecule has 4 heteroatoms. The second-order valence-corrected chi connectivity index (χ2v) is 28.8. The zero-order valence-electron chi connectivity index (χ0n) is 38.7. The largest absolute Gasteiger partial charge is 0.287 e. The predicted molar refractivity (Wildman–Crippen MR) is 308 cm³/mol. The van der Waals surface area contributed by atoms with Gasteiger partial charge in [0.1, 0.15) is 5.16 Å². The van der Waals surface area contributed by atoms with Gasteiger partial charge in [0.15, 0.2) is 0 Å². The van der Waals surface area contributed by atoms with E-state index in [4.69, 9.17) is 0 Å². The molecule has 0 fully saturated rings. The van der Waals surface area contributed by atoms with Crippen LogP contribution in [0.1, 0.15) is 55.9 Å². The Hall–Kier alpha value is -7.39. The molecule has 0 radical (unpaired) electrons. The van der Waals surface area contributed by atoms with Gasteiger partial charge in [-0.3, -0.25) is 4.57 Å². The minimum absolute atomic E-state index is 0.0323. The number of hydrogen-bond donors (Lipinski definition) is 0. The van der Waals surface area contributed by atoms with Crippen LogP contribution in [0, 0.1) is 0 Å². The van der Waals surface area contributed by atoms with Gasteiger partial charge >= 0.3 is 0 Å². The lowest BCUT2D eigenvalue weighted by Gasteiger charge is -2.55. The summed E-state index contributed by atoms with van der Waals surface area (Å²) in [5, 5.41) is 85.7. The molecule has 4 aliphatic carbocycles. The lowest BCUT2D eigenvalue weighted by molar-refractivity contribution is 0.330. The van der Waals surface area contributed by atoms with Crippen molar-refractivity contribution in [3.8, 4) is 0 Å². The van der Waals surface area contributed by atoms with Crippen molar-refractivity contribution in [3.05, 3.63) is 22.3 Å². The topological polar surface area (TPSA) is 23.6 Å². The molecule has 0 spiro atoms. The molecule has 0 aromatic heterocycles. The maximum absolute atomic E-state index is 19.1. The van der Waals surface area contributed by atoms with Crippen molar-refractivity contribution in [1.29, 1.82) is 0 Å². The Labute approximate surface area is 397 Å². The summed E-state index contributed by atoms with van der Waals surface area (Å²) in [5.74, 6) is -0.0323. The highest BCUT2D eigenvalue weighted by atomic mass is 31.2. The third-order valence-corrected chi connectivity index (χ3v) is 30.1. The predicted octanol–water partition coefficient (Wildman–Crippen LogP) is 19.0. The van der Waals surface area contributed by atoms with E-state index in [1.807, 2.05) is 0 Å². The number of benzene rings is 18. The van der Waals surface area contributed by atoms with Gasteiger partial charge in [-0.05, 0) is 313 Å². The fourth-order valence-corrected chi connectivity index (χ4v) is 29.8. The molecular weight excluding hydrogens is 892 g/mol. The quantitative estimate of drug-likeness (QED) is 0.118. The van der Waals surface area contributed by atoms with E-state index in [0.717, 1.165) is 26.2 Å². The molecule has 32 rings (SSSR count). The molecule has 0 saturated carbocycles. The first-order chi connectivity index (χ1) is 35.7. The fourth-order valence-electron chi connectivity index (χ4n) is 25.4. The number of nitrogens with zero attached hydrogens (tertiary/aromatic N) is 2. The molecule has 0 atom stereocenters. The first-order valence-corrected chi connectivity index (χ1v) is 29.1. The van der Waals surface area contributed by atoms with Crippen LogP contribution < -0.4 is 0 Å².